The summed E-state index contributed by atoms with van der Waals surface area (Å²) in [5, 5.41) is 16.1. The smallest absolute Gasteiger partial charge is 0.326 e. The van der Waals surface area contributed by atoms with Gasteiger partial charge >= 0.3 is 6.03 Å². The first-order chi connectivity index (χ1) is 17.9. The molecule has 2 aromatic heterocycles. The molecule has 1 aliphatic carbocycles. The van der Waals surface area contributed by atoms with E-state index < -0.39 is 11.9 Å². The van der Waals surface area contributed by atoms with Crippen molar-refractivity contribution in [3.63, 3.8) is 0 Å². The zero-order chi connectivity index (χ0) is 25.5. The second kappa shape index (κ2) is 9.17. The Morgan fingerprint density at radius 3 is 2.76 bits per heavy atom. The van der Waals surface area contributed by atoms with E-state index in [1.165, 1.54) is 18.2 Å². The van der Waals surface area contributed by atoms with Crippen molar-refractivity contribution >= 4 is 47.2 Å². The highest BCUT2D eigenvalue weighted by Crippen LogP contribution is 2.29. The summed E-state index contributed by atoms with van der Waals surface area (Å²) in [7, 11) is 0. The van der Waals surface area contributed by atoms with E-state index >= 15 is 0 Å². The average molecular weight is 519 g/mol. The van der Waals surface area contributed by atoms with Crippen LogP contribution in [-0.2, 0) is 11.3 Å². The molecule has 186 valence electrons. The van der Waals surface area contributed by atoms with Gasteiger partial charge in [-0.3, -0.25) is 10.1 Å². The number of hydrogen-bond acceptors (Lipinski definition) is 7. The van der Waals surface area contributed by atoms with Gasteiger partial charge in [0.05, 0.1) is 6.20 Å². The molecule has 1 saturated carbocycles. The third-order valence-electron chi connectivity index (χ3n) is 5.97. The maximum absolute atomic E-state index is 14.1. The van der Waals surface area contributed by atoms with Crippen molar-refractivity contribution < 1.29 is 14.0 Å². The topological polar surface area (TPSA) is 125 Å². The Labute approximate surface area is 215 Å². The molecule has 6 rings (SSSR count). The molecule has 3 heterocycles. The minimum Gasteiger partial charge on any atom is -0.351 e. The van der Waals surface area contributed by atoms with Crippen molar-refractivity contribution in [1.82, 2.24) is 30.2 Å². The van der Waals surface area contributed by atoms with Gasteiger partial charge in [-0.2, -0.15) is 19.6 Å². The number of benzene rings is 2. The molecule has 2 aromatic carbocycles. The molecule has 2 fully saturated rings. The molecule has 4 N–H and O–H groups in total. The number of urea groups is 1. The Morgan fingerprint density at radius 1 is 1.14 bits per heavy atom. The molecule has 0 unspecified atom stereocenters. The van der Waals surface area contributed by atoms with E-state index in [-0.39, 0.29) is 11.5 Å². The lowest BCUT2D eigenvalue weighted by Gasteiger charge is -2.13. The van der Waals surface area contributed by atoms with Crippen molar-refractivity contribution in [1.29, 1.82) is 0 Å². The predicted molar refractivity (Wildman–Crippen MR) is 136 cm³/mol. The zero-order valence-corrected chi connectivity index (χ0v) is 20.0. The molecule has 0 atom stereocenters. The number of imide groups is 1. The van der Waals surface area contributed by atoms with Crippen molar-refractivity contribution in [2.45, 2.75) is 25.4 Å². The first-order valence-electron chi connectivity index (χ1n) is 11.6. The number of nitrogens with one attached hydrogen (secondary N) is 4. The summed E-state index contributed by atoms with van der Waals surface area (Å²) in [6.07, 6.45) is 5.11. The number of rotatable bonds is 7. The largest absolute Gasteiger partial charge is 0.351 e. The van der Waals surface area contributed by atoms with Gasteiger partial charge < -0.3 is 16.0 Å². The molecular formula is C25H20ClFN8O2. The summed E-state index contributed by atoms with van der Waals surface area (Å²) in [6.45, 7) is 0.310. The number of aromatic nitrogens is 4. The van der Waals surface area contributed by atoms with Gasteiger partial charge in [-0.15, -0.1) is 0 Å². The van der Waals surface area contributed by atoms with Gasteiger partial charge in [0.25, 0.3) is 5.91 Å². The zero-order valence-electron chi connectivity index (χ0n) is 19.3. The molecule has 3 amide bonds. The lowest BCUT2D eigenvalue weighted by molar-refractivity contribution is -0.115. The number of fused-ring (bicyclic) bond motifs is 1. The minimum absolute atomic E-state index is 0.0993. The van der Waals surface area contributed by atoms with Crippen LogP contribution in [0.25, 0.3) is 22.9 Å². The van der Waals surface area contributed by atoms with E-state index in [0.29, 0.717) is 46.3 Å². The fourth-order valence-corrected chi connectivity index (χ4v) is 4.21. The van der Waals surface area contributed by atoms with E-state index in [0.717, 1.165) is 24.0 Å². The van der Waals surface area contributed by atoms with Crippen LogP contribution in [0.3, 0.4) is 0 Å². The van der Waals surface area contributed by atoms with E-state index in [1.54, 1.807) is 28.9 Å². The fourth-order valence-electron chi connectivity index (χ4n) is 4.02. The fraction of sp³-hybridized carbons (Fsp3) is 0.160. The highest BCUT2D eigenvalue weighted by atomic mass is 35.5. The van der Waals surface area contributed by atoms with Crippen LogP contribution in [0.1, 0.15) is 24.0 Å². The summed E-state index contributed by atoms with van der Waals surface area (Å²) in [4.78, 5) is 32.7. The third kappa shape index (κ3) is 4.81. The number of amides is 3. The van der Waals surface area contributed by atoms with Crippen LogP contribution in [0.15, 0.2) is 54.4 Å². The number of carbonyl (C=O) groups is 2. The number of nitrogens with zero attached hydrogens (tertiary/aromatic N) is 4. The van der Waals surface area contributed by atoms with Gasteiger partial charge in [-0.25, -0.2) is 9.18 Å². The van der Waals surface area contributed by atoms with Gasteiger partial charge in [0.1, 0.15) is 11.5 Å². The number of anilines is 2. The van der Waals surface area contributed by atoms with Crippen LogP contribution in [-0.4, -0.2) is 37.6 Å². The van der Waals surface area contributed by atoms with Gasteiger partial charge in [-0.05, 0) is 59.9 Å². The normalized spacial score (nSPS) is 16.2. The van der Waals surface area contributed by atoms with Crippen LogP contribution in [0.4, 0.5) is 21.1 Å². The first-order valence-corrected chi connectivity index (χ1v) is 12.0. The molecule has 1 saturated heterocycles. The van der Waals surface area contributed by atoms with Gasteiger partial charge in [0.15, 0.2) is 5.65 Å². The van der Waals surface area contributed by atoms with Crippen molar-refractivity contribution in [2.75, 3.05) is 10.6 Å². The van der Waals surface area contributed by atoms with Crippen LogP contribution in [0, 0.1) is 5.82 Å². The molecule has 4 aromatic rings. The molecule has 1 aliphatic heterocycles. The second-order valence-electron chi connectivity index (χ2n) is 8.76. The molecule has 2 aliphatic rings. The second-order valence-corrected chi connectivity index (χ2v) is 9.19. The average Bonchev–Trinajstić information content (AvgIpc) is 3.51. The molecule has 0 spiro atoms. The van der Waals surface area contributed by atoms with Gasteiger partial charge in [-0.1, -0.05) is 29.8 Å². The Balaban J connectivity index is 1.35. The third-order valence-corrected chi connectivity index (χ3v) is 6.21. The van der Waals surface area contributed by atoms with Crippen LogP contribution in [0.2, 0.25) is 5.02 Å². The molecule has 37 heavy (non-hydrogen) atoms. The highest BCUT2D eigenvalue weighted by Gasteiger charge is 2.26. The maximum Gasteiger partial charge on any atom is 0.326 e. The number of hydrogen-bond donors (Lipinski definition) is 4. The van der Waals surface area contributed by atoms with E-state index in [2.05, 4.69) is 36.3 Å². The molecule has 0 bridgehead atoms. The monoisotopic (exact) mass is 518 g/mol. The van der Waals surface area contributed by atoms with Crippen molar-refractivity contribution in [3.05, 3.63) is 76.3 Å². The van der Waals surface area contributed by atoms with Crippen molar-refractivity contribution in [3.8, 4) is 11.1 Å². The van der Waals surface area contributed by atoms with E-state index in [9.17, 15) is 14.0 Å². The number of carbonyl (C=O) groups excluding carboxylic acids is 2. The molecular weight excluding hydrogens is 499 g/mol. The lowest BCUT2D eigenvalue weighted by atomic mass is 9.99. The molecule has 0 radical (unpaired) electrons. The minimum atomic E-state index is -0.587. The van der Waals surface area contributed by atoms with E-state index in [1.807, 2.05) is 12.1 Å². The standard InChI is InChI=1S/C25H20ClFN8O2/c26-16-3-1-2-13(8-16)19-10-17(27)5-4-14(19)11-28-23-32-21-15(9-20-22(36)33-25(37)31-20)12-29-35(21)24(34-23)30-18-6-7-18/h1-5,8-10,12,18H,6-7,11H2,(H2,28,30,32,34)(H2,31,33,36,37)/b20-9-. The van der Waals surface area contributed by atoms with Crippen LogP contribution >= 0.6 is 11.6 Å². The summed E-state index contributed by atoms with van der Waals surface area (Å²) >= 11 is 6.16. The van der Waals surface area contributed by atoms with Crippen molar-refractivity contribution in [2.24, 2.45) is 0 Å². The highest BCUT2D eigenvalue weighted by molar-refractivity contribution is 6.30. The summed E-state index contributed by atoms with van der Waals surface area (Å²) in [6, 6.07) is 11.5. The first kappa shape index (κ1) is 22.9. The predicted octanol–water partition coefficient (Wildman–Crippen LogP) is 3.95. The van der Waals surface area contributed by atoms with Gasteiger partial charge in [0.2, 0.25) is 11.9 Å². The Kier molecular flexibility index (Phi) is 5.68. The Morgan fingerprint density at radius 2 is 2.00 bits per heavy atom. The quantitative estimate of drug-likeness (QED) is 0.215. The number of halogens is 2. The lowest BCUT2D eigenvalue weighted by Crippen LogP contribution is -2.22. The van der Waals surface area contributed by atoms with Crippen LogP contribution < -0.4 is 21.3 Å². The Hall–Kier alpha value is -4.51. The summed E-state index contributed by atoms with van der Waals surface area (Å²) < 4.78 is 15.7. The summed E-state index contributed by atoms with van der Waals surface area (Å²) in [5.74, 6) is -0.0731. The van der Waals surface area contributed by atoms with Gasteiger partial charge in [0, 0.05) is 23.2 Å². The summed E-state index contributed by atoms with van der Waals surface area (Å²) in [5.41, 5.74) is 3.38. The Bertz CT molecular complexity index is 1600. The maximum atomic E-state index is 14.1. The molecule has 12 heteroatoms. The SMILES string of the molecule is O=C1NC(=O)/C(=C/c2cnn3c(NC4CC4)nc(NCc4ccc(F)cc4-c4cccc(Cl)c4)nc23)N1. The van der Waals surface area contributed by atoms with Crippen LogP contribution in [0.5, 0.6) is 0 Å². The van der Waals surface area contributed by atoms with E-state index in [4.69, 9.17) is 11.6 Å². The molecule has 10 nitrogen and oxygen atoms in total.